The van der Waals surface area contributed by atoms with Crippen LogP contribution in [0, 0.1) is 0 Å². The summed E-state index contributed by atoms with van der Waals surface area (Å²) in [7, 11) is 0. The van der Waals surface area contributed by atoms with Crippen molar-refractivity contribution < 1.29 is 4.79 Å². The lowest BCUT2D eigenvalue weighted by Crippen LogP contribution is -2.33. The van der Waals surface area contributed by atoms with Crippen molar-refractivity contribution in [2.75, 3.05) is 41.7 Å². The molecule has 0 bridgehead atoms. The average Bonchev–Trinajstić information content (AvgIpc) is 3.21. The van der Waals surface area contributed by atoms with Crippen LogP contribution < -0.4 is 20.9 Å². The molecule has 2 amide bonds. The topological polar surface area (TPSA) is 82.2 Å². The van der Waals surface area contributed by atoms with Gasteiger partial charge in [-0.2, -0.15) is 0 Å². The number of aromatic nitrogens is 2. The van der Waals surface area contributed by atoms with Gasteiger partial charge >= 0.3 is 6.03 Å². The van der Waals surface area contributed by atoms with Crippen LogP contribution in [0.1, 0.15) is 25.3 Å². The summed E-state index contributed by atoms with van der Waals surface area (Å²) >= 11 is 0. The van der Waals surface area contributed by atoms with Crippen LogP contribution in [0.5, 0.6) is 0 Å². The highest BCUT2D eigenvalue weighted by Gasteiger charge is 2.13. The van der Waals surface area contributed by atoms with Gasteiger partial charge in [-0.05, 0) is 30.9 Å². The number of amides is 2. The van der Waals surface area contributed by atoms with E-state index in [2.05, 4.69) is 37.7 Å². The maximum Gasteiger partial charge on any atom is 0.319 e. The van der Waals surface area contributed by atoms with Crippen LogP contribution in [-0.2, 0) is 6.42 Å². The first-order chi connectivity index (χ1) is 12.8. The highest BCUT2D eigenvalue weighted by Crippen LogP contribution is 2.19. The minimum atomic E-state index is -0.201. The van der Waals surface area contributed by atoms with E-state index in [9.17, 15) is 4.79 Å². The summed E-state index contributed by atoms with van der Waals surface area (Å²) < 4.78 is 0. The lowest BCUT2D eigenvalue weighted by Gasteiger charge is -2.16. The molecular weight excluding hydrogens is 328 g/mol. The summed E-state index contributed by atoms with van der Waals surface area (Å²) in [6.45, 7) is 5.28. The molecule has 1 fully saturated rings. The van der Waals surface area contributed by atoms with Gasteiger partial charge in [0.15, 0.2) is 0 Å². The lowest BCUT2D eigenvalue weighted by molar-refractivity contribution is 0.252. The number of urea groups is 1. The molecule has 3 N–H and O–H groups in total. The highest BCUT2D eigenvalue weighted by molar-refractivity contribution is 5.90. The smallest absolute Gasteiger partial charge is 0.319 e. The van der Waals surface area contributed by atoms with E-state index in [1.165, 1.54) is 12.8 Å². The number of carbonyl (C=O) groups is 1. The van der Waals surface area contributed by atoms with Crippen molar-refractivity contribution in [3.05, 3.63) is 42.2 Å². The third-order valence-electron chi connectivity index (χ3n) is 4.45. The molecule has 0 atom stereocenters. The minimum Gasteiger partial charge on any atom is -0.368 e. The number of hydrogen-bond acceptors (Lipinski definition) is 5. The first-order valence-corrected chi connectivity index (χ1v) is 9.20. The van der Waals surface area contributed by atoms with Crippen LogP contribution in [0.15, 0.2) is 36.7 Å². The number of rotatable bonds is 7. The zero-order valence-corrected chi connectivity index (χ0v) is 15.2. The van der Waals surface area contributed by atoms with Gasteiger partial charge in [-0.25, -0.2) is 14.8 Å². The largest absolute Gasteiger partial charge is 0.368 e. The predicted octanol–water partition coefficient (Wildman–Crippen LogP) is 2.87. The molecule has 2 heterocycles. The van der Waals surface area contributed by atoms with Crippen LogP contribution in [0.25, 0.3) is 0 Å². The van der Waals surface area contributed by atoms with E-state index in [4.69, 9.17) is 0 Å². The maximum atomic E-state index is 12.0. The van der Waals surface area contributed by atoms with Gasteiger partial charge in [-0.3, -0.25) is 0 Å². The van der Waals surface area contributed by atoms with Gasteiger partial charge in [0.1, 0.15) is 18.0 Å². The van der Waals surface area contributed by atoms with E-state index in [1.807, 2.05) is 30.3 Å². The fraction of sp³-hybridized carbons (Fsp3) is 0.421. The molecule has 0 aliphatic carbocycles. The maximum absolute atomic E-state index is 12.0. The quantitative estimate of drug-likeness (QED) is 0.666. The second-order valence-corrected chi connectivity index (χ2v) is 6.27. The van der Waals surface area contributed by atoms with Crippen molar-refractivity contribution in [2.45, 2.75) is 26.2 Å². The number of anilines is 3. The molecule has 1 aliphatic heterocycles. The first-order valence-electron chi connectivity index (χ1n) is 9.20. The Balaban J connectivity index is 1.42. The normalized spacial score (nSPS) is 13.5. The Morgan fingerprint density at radius 1 is 1.15 bits per heavy atom. The van der Waals surface area contributed by atoms with Gasteiger partial charge in [-0.1, -0.05) is 25.1 Å². The second-order valence-electron chi connectivity index (χ2n) is 6.27. The van der Waals surface area contributed by atoms with Crippen molar-refractivity contribution >= 4 is 23.4 Å². The Morgan fingerprint density at radius 3 is 2.77 bits per heavy atom. The Bertz CT molecular complexity index is 729. The van der Waals surface area contributed by atoms with E-state index in [0.717, 1.165) is 42.4 Å². The number of para-hydroxylation sites is 1. The van der Waals surface area contributed by atoms with E-state index in [-0.39, 0.29) is 6.03 Å². The minimum absolute atomic E-state index is 0.201. The molecule has 1 aromatic heterocycles. The standard InChI is InChI=1S/C19H26N6O/c1-2-15-7-3-4-8-16(15)24-19(26)21-10-9-20-17-13-18(23-14-22-17)25-11-5-6-12-25/h3-4,7-8,13-14H,2,5-6,9-12H2,1H3,(H,20,22,23)(H2,21,24,26). The van der Waals surface area contributed by atoms with E-state index in [0.29, 0.717) is 13.1 Å². The van der Waals surface area contributed by atoms with Crippen molar-refractivity contribution in [3.63, 3.8) is 0 Å². The molecule has 0 unspecified atom stereocenters. The molecule has 2 aromatic rings. The Labute approximate surface area is 154 Å². The molecule has 7 nitrogen and oxygen atoms in total. The van der Waals surface area contributed by atoms with Gasteiger partial charge < -0.3 is 20.9 Å². The van der Waals surface area contributed by atoms with Crippen molar-refractivity contribution in [2.24, 2.45) is 0 Å². The summed E-state index contributed by atoms with van der Waals surface area (Å²) in [5.41, 5.74) is 1.97. The average molecular weight is 354 g/mol. The van der Waals surface area contributed by atoms with Gasteiger partial charge in [-0.15, -0.1) is 0 Å². The summed E-state index contributed by atoms with van der Waals surface area (Å²) in [6, 6.07) is 9.59. The molecule has 138 valence electrons. The Kier molecular flexibility index (Phi) is 6.24. The van der Waals surface area contributed by atoms with E-state index >= 15 is 0 Å². The third-order valence-corrected chi connectivity index (χ3v) is 4.45. The van der Waals surface area contributed by atoms with Crippen LogP contribution in [0.4, 0.5) is 22.1 Å². The molecule has 1 aliphatic rings. The summed E-state index contributed by atoms with van der Waals surface area (Å²) in [6.07, 6.45) is 4.89. The van der Waals surface area contributed by atoms with Crippen LogP contribution in [-0.4, -0.2) is 42.2 Å². The molecule has 26 heavy (non-hydrogen) atoms. The predicted molar refractivity (Wildman–Crippen MR) is 105 cm³/mol. The Morgan fingerprint density at radius 2 is 1.96 bits per heavy atom. The third kappa shape index (κ3) is 4.84. The number of benzene rings is 1. The van der Waals surface area contributed by atoms with E-state index < -0.39 is 0 Å². The lowest BCUT2D eigenvalue weighted by atomic mass is 10.1. The number of aryl methyl sites for hydroxylation is 1. The molecule has 7 heteroatoms. The van der Waals surface area contributed by atoms with Gasteiger partial charge in [0.05, 0.1) is 0 Å². The van der Waals surface area contributed by atoms with E-state index in [1.54, 1.807) is 6.33 Å². The molecule has 0 radical (unpaired) electrons. The molecule has 1 saturated heterocycles. The Hall–Kier alpha value is -2.83. The molecule has 1 aromatic carbocycles. The molecule has 0 saturated carbocycles. The van der Waals surface area contributed by atoms with Crippen molar-refractivity contribution in [3.8, 4) is 0 Å². The number of nitrogens with zero attached hydrogens (tertiary/aromatic N) is 3. The summed E-state index contributed by atoms with van der Waals surface area (Å²) in [4.78, 5) is 22.9. The van der Waals surface area contributed by atoms with Crippen LogP contribution >= 0.6 is 0 Å². The van der Waals surface area contributed by atoms with Gasteiger partial charge in [0.25, 0.3) is 0 Å². The fourth-order valence-corrected chi connectivity index (χ4v) is 3.05. The number of hydrogen-bond donors (Lipinski definition) is 3. The monoisotopic (exact) mass is 354 g/mol. The summed E-state index contributed by atoms with van der Waals surface area (Å²) in [5, 5.41) is 8.98. The van der Waals surface area contributed by atoms with Gasteiger partial charge in [0, 0.05) is 37.9 Å². The zero-order valence-electron chi connectivity index (χ0n) is 15.2. The van der Waals surface area contributed by atoms with Crippen molar-refractivity contribution in [1.29, 1.82) is 0 Å². The van der Waals surface area contributed by atoms with Gasteiger partial charge in [0.2, 0.25) is 0 Å². The number of nitrogens with one attached hydrogen (secondary N) is 3. The highest BCUT2D eigenvalue weighted by atomic mass is 16.2. The molecule has 0 spiro atoms. The second kappa shape index (κ2) is 9.03. The van der Waals surface area contributed by atoms with Crippen LogP contribution in [0.2, 0.25) is 0 Å². The zero-order chi connectivity index (χ0) is 18.2. The SMILES string of the molecule is CCc1ccccc1NC(=O)NCCNc1cc(N2CCCC2)ncn1. The molecule has 3 rings (SSSR count). The molecular formula is C19H26N6O. The summed E-state index contributed by atoms with van der Waals surface area (Å²) in [5.74, 6) is 1.74. The fourth-order valence-electron chi connectivity index (χ4n) is 3.05. The first kappa shape index (κ1) is 18.0. The van der Waals surface area contributed by atoms with Crippen molar-refractivity contribution in [1.82, 2.24) is 15.3 Å². The van der Waals surface area contributed by atoms with Crippen LogP contribution in [0.3, 0.4) is 0 Å². The number of carbonyl (C=O) groups excluding carboxylic acids is 1.